The molecule has 2 N–H and O–H groups in total. The van der Waals surface area contributed by atoms with Crippen molar-refractivity contribution in [2.45, 2.75) is 45.6 Å². The smallest absolute Gasteiger partial charge is 0.306 e. The molecule has 0 aliphatic heterocycles. The summed E-state index contributed by atoms with van der Waals surface area (Å²) in [7, 11) is 0. The number of carbonyl (C=O) groups is 1. The van der Waals surface area contributed by atoms with E-state index in [0.717, 1.165) is 35.2 Å². The number of anilines is 1. The maximum Gasteiger partial charge on any atom is 0.306 e. The fraction of sp³-hybridized carbons (Fsp3) is 0.350. The molecule has 2 aromatic carbocycles. The Morgan fingerprint density at radius 3 is 2.39 bits per heavy atom. The van der Waals surface area contributed by atoms with E-state index in [0.29, 0.717) is 6.42 Å². The first kappa shape index (κ1) is 17.1. The lowest BCUT2D eigenvalue weighted by Crippen LogP contribution is -2.23. The van der Waals surface area contributed by atoms with Crippen molar-refractivity contribution in [1.82, 2.24) is 0 Å². The van der Waals surface area contributed by atoms with Crippen molar-refractivity contribution in [3.8, 4) is 11.1 Å². The number of carbonyl (C=O) groups excluding carboxylic acids is 1. The van der Waals surface area contributed by atoms with Gasteiger partial charge >= 0.3 is 5.97 Å². The molecule has 23 heavy (non-hydrogen) atoms. The van der Waals surface area contributed by atoms with E-state index in [2.05, 4.69) is 6.07 Å². The van der Waals surface area contributed by atoms with Crippen molar-refractivity contribution in [3.63, 3.8) is 0 Å². The van der Waals surface area contributed by atoms with Gasteiger partial charge in [0.05, 0.1) is 0 Å². The van der Waals surface area contributed by atoms with Gasteiger partial charge in [0, 0.05) is 17.7 Å². The lowest BCUT2D eigenvalue weighted by Gasteiger charge is -2.19. The molecule has 0 radical (unpaired) electrons. The average Bonchev–Trinajstić information content (AvgIpc) is 2.46. The third kappa shape index (κ3) is 5.44. The number of ether oxygens (including phenoxy) is 1. The Hall–Kier alpha value is -2.29. The number of hydrogen-bond acceptors (Lipinski definition) is 3. The highest BCUT2D eigenvalue weighted by Crippen LogP contribution is 2.27. The Balaban J connectivity index is 1.93. The highest BCUT2D eigenvalue weighted by molar-refractivity contribution is 5.76. The Morgan fingerprint density at radius 2 is 1.78 bits per heavy atom. The van der Waals surface area contributed by atoms with Crippen LogP contribution in [0.5, 0.6) is 0 Å². The number of nitrogen functional groups attached to an aromatic ring is 1. The summed E-state index contributed by atoms with van der Waals surface area (Å²) in [6, 6.07) is 16.2. The molecule has 0 saturated heterocycles. The van der Waals surface area contributed by atoms with Crippen LogP contribution >= 0.6 is 0 Å². The predicted molar refractivity (Wildman–Crippen MR) is 95.1 cm³/mol. The van der Waals surface area contributed by atoms with Crippen LogP contribution in [0.2, 0.25) is 0 Å². The highest BCUT2D eigenvalue weighted by atomic mass is 16.6. The Morgan fingerprint density at radius 1 is 1.09 bits per heavy atom. The van der Waals surface area contributed by atoms with Crippen LogP contribution in [0.25, 0.3) is 11.1 Å². The summed E-state index contributed by atoms with van der Waals surface area (Å²) < 4.78 is 5.31. The van der Waals surface area contributed by atoms with Crippen molar-refractivity contribution in [2.24, 2.45) is 0 Å². The zero-order valence-electron chi connectivity index (χ0n) is 14.1. The highest BCUT2D eigenvalue weighted by Gasteiger charge is 2.15. The lowest BCUT2D eigenvalue weighted by atomic mass is 9.99. The molecule has 0 unspecified atom stereocenters. The van der Waals surface area contributed by atoms with Gasteiger partial charge in [0.25, 0.3) is 0 Å². The molecule has 0 fully saturated rings. The maximum atomic E-state index is 11.7. The second-order valence-corrected chi connectivity index (χ2v) is 6.73. The van der Waals surface area contributed by atoms with E-state index >= 15 is 0 Å². The van der Waals surface area contributed by atoms with Gasteiger partial charge in [0.15, 0.2) is 0 Å². The van der Waals surface area contributed by atoms with Gasteiger partial charge in [0.2, 0.25) is 0 Å². The average molecular weight is 311 g/mol. The summed E-state index contributed by atoms with van der Waals surface area (Å²) in [5.41, 5.74) is 9.83. The first-order valence-corrected chi connectivity index (χ1v) is 8.01. The van der Waals surface area contributed by atoms with Crippen LogP contribution in [0, 0.1) is 0 Å². The van der Waals surface area contributed by atoms with Crippen LogP contribution in [0.3, 0.4) is 0 Å². The molecule has 3 heteroatoms. The monoisotopic (exact) mass is 311 g/mol. The molecule has 3 nitrogen and oxygen atoms in total. The van der Waals surface area contributed by atoms with Gasteiger partial charge in [-0.3, -0.25) is 4.79 Å². The van der Waals surface area contributed by atoms with Crippen molar-refractivity contribution in [2.75, 3.05) is 5.73 Å². The van der Waals surface area contributed by atoms with Crippen molar-refractivity contribution >= 4 is 11.7 Å². The van der Waals surface area contributed by atoms with Crippen LogP contribution in [-0.4, -0.2) is 11.6 Å². The quantitative estimate of drug-likeness (QED) is 0.648. The third-order valence-electron chi connectivity index (χ3n) is 3.47. The van der Waals surface area contributed by atoms with E-state index in [9.17, 15) is 4.79 Å². The molecule has 2 aromatic rings. The normalized spacial score (nSPS) is 11.3. The van der Waals surface area contributed by atoms with E-state index in [1.54, 1.807) is 0 Å². The second-order valence-electron chi connectivity index (χ2n) is 6.73. The van der Waals surface area contributed by atoms with Crippen molar-refractivity contribution < 1.29 is 9.53 Å². The largest absolute Gasteiger partial charge is 0.460 e. The minimum atomic E-state index is -0.418. The van der Waals surface area contributed by atoms with E-state index in [1.165, 1.54) is 0 Å². The molecule has 2 rings (SSSR count). The molecule has 0 aliphatic rings. The molecule has 0 saturated carbocycles. The predicted octanol–water partition coefficient (Wildman–Crippen LogP) is 4.60. The summed E-state index contributed by atoms with van der Waals surface area (Å²) >= 11 is 0. The Kier molecular flexibility index (Phi) is 5.43. The SMILES string of the molecule is CC(C)(C)OC(=O)CCCc1ccc(-c2ccccc2)c(N)c1. The summed E-state index contributed by atoms with van der Waals surface area (Å²) in [6.07, 6.45) is 2.01. The topological polar surface area (TPSA) is 52.3 Å². The van der Waals surface area contributed by atoms with Gasteiger partial charge in [-0.1, -0.05) is 42.5 Å². The van der Waals surface area contributed by atoms with Crippen LogP contribution in [0.1, 0.15) is 39.2 Å². The minimum absolute atomic E-state index is 0.147. The molecule has 0 spiro atoms. The first-order valence-electron chi connectivity index (χ1n) is 8.01. The van der Waals surface area contributed by atoms with Crippen LogP contribution < -0.4 is 5.73 Å². The maximum absolute atomic E-state index is 11.7. The molecule has 0 aliphatic carbocycles. The standard InChI is InChI=1S/C20H25NO2/c1-20(2,3)23-19(22)11-7-8-15-12-13-17(18(21)14-15)16-9-5-4-6-10-16/h4-6,9-10,12-14H,7-8,11,21H2,1-3H3. The first-order chi connectivity index (χ1) is 10.8. The summed E-state index contributed by atoms with van der Waals surface area (Å²) in [6.45, 7) is 5.65. The van der Waals surface area contributed by atoms with Gasteiger partial charge in [-0.05, 0) is 50.8 Å². The van der Waals surface area contributed by atoms with Gasteiger partial charge in [0.1, 0.15) is 5.60 Å². The number of rotatable bonds is 5. The Labute approximate surface area is 138 Å². The molecular weight excluding hydrogens is 286 g/mol. The zero-order valence-corrected chi connectivity index (χ0v) is 14.1. The number of aryl methyl sites for hydroxylation is 1. The number of nitrogens with two attached hydrogens (primary N) is 1. The van der Waals surface area contributed by atoms with Crippen LogP contribution in [-0.2, 0) is 16.0 Å². The number of hydrogen-bond donors (Lipinski definition) is 1. The van der Waals surface area contributed by atoms with Gasteiger partial charge < -0.3 is 10.5 Å². The summed E-state index contributed by atoms with van der Waals surface area (Å²) in [4.78, 5) is 11.7. The van der Waals surface area contributed by atoms with E-state index < -0.39 is 5.60 Å². The van der Waals surface area contributed by atoms with Gasteiger partial charge in [-0.25, -0.2) is 0 Å². The summed E-state index contributed by atoms with van der Waals surface area (Å²) in [5.74, 6) is -0.147. The Bertz CT molecular complexity index is 657. The van der Waals surface area contributed by atoms with Crippen molar-refractivity contribution in [1.29, 1.82) is 0 Å². The lowest BCUT2D eigenvalue weighted by molar-refractivity contribution is -0.154. The fourth-order valence-corrected chi connectivity index (χ4v) is 2.48. The van der Waals surface area contributed by atoms with E-state index in [4.69, 9.17) is 10.5 Å². The zero-order chi connectivity index (χ0) is 16.9. The minimum Gasteiger partial charge on any atom is -0.460 e. The molecule has 0 bridgehead atoms. The number of esters is 1. The van der Waals surface area contributed by atoms with Gasteiger partial charge in [-0.15, -0.1) is 0 Å². The third-order valence-corrected chi connectivity index (χ3v) is 3.47. The van der Waals surface area contributed by atoms with Crippen LogP contribution in [0.15, 0.2) is 48.5 Å². The molecular formula is C20H25NO2. The van der Waals surface area contributed by atoms with Gasteiger partial charge in [-0.2, -0.15) is 0 Å². The number of benzene rings is 2. The van der Waals surface area contributed by atoms with Crippen LogP contribution in [0.4, 0.5) is 5.69 Å². The van der Waals surface area contributed by atoms with E-state index in [-0.39, 0.29) is 5.97 Å². The molecule has 122 valence electrons. The van der Waals surface area contributed by atoms with E-state index in [1.807, 2.05) is 63.2 Å². The summed E-state index contributed by atoms with van der Waals surface area (Å²) in [5, 5.41) is 0. The molecule has 0 atom stereocenters. The fourth-order valence-electron chi connectivity index (χ4n) is 2.48. The molecule has 0 aromatic heterocycles. The second kappa shape index (κ2) is 7.32. The van der Waals surface area contributed by atoms with Crippen molar-refractivity contribution in [3.05, 3.63) is 54.1 Å². The molecule has 0 amide bonds. The molecule has 0 heterocycles.